The minimum Gasteiger partial charge on any atom is -0.405 e. The number of benzene rings is 4. The van der Waals surface area contributed by atoms with Crippen LogP contribution in [0.1, 0.15) is 77.0 Å². The van der Waals surface area contributed by atoms with Crippen LogP contribution in [0.15, 0.2) is 109 Å². The standard InChI is InChI=1S/C39H45Cl2NO2Si/c1-6-28-26-36(30-15-14-16-32(41)25-30)37(29-21-23-31(40)24-22-29)42(38(28)43)33(7-2)27-44-45(39(3,4)5,34-17-10-8-11-18-34)35-19-12-9-13-20-35/h8-25,28,33,36-37H,6-7,26-27H2,1-5H3/t28?,33?,36?,37-/m1/s1. The van der Waals surface area contributed by atoms with Crippen LogP contribution >= 0.6 is 23.2 Å². The van der Waals surface area contributed by atoms with Crippen molar-refractivity contribution in [3.8, 4) is 0 Å². The van der Waals surface area contributed by atoms with Crippen molar-refractivity contribution in [2.75, 3.05) is 6.61 Å². The highest BCUT2D eigenvalue weighted by molar-refractivity contribution is 6.99. The van der Waals surface area contributed by atoms with Crippen LogP contribution in [-0.2, 0) is 9.22 Å². The second-order valence-electron chi connectivity index (χ2n) is 13.3. The van der Waals surface area contributed by atoms with Crippen LogP contribution in [0, 0.1) is 5.92 Å². The van der Waals surface area contributed by atoms with Crippen molar-refractivity contribution >= 4 is 47.8 Å². The molecule has 3 nitrogen and oxygen atoms in total. The maximum atomic E-state index is 14.5. The molecule has 6 heteroatoms. The third-order valence-electron chi connectivity index (χ3n) is 9.58. The predicted octanol–water partition coefficient (Wildman–Crippen LogP) is 9.43. The van der Waals surface area contributed by atoms with Gasteiger partial charge in [-0.25, -0.2) is 0 Å². The molecule has 236 valence electrons. The van der Waals surface area contributed by atoms with Gasteiger partial charge in [0.1, 0.15) is 0 Å². The smallest absolute Gasteiger partial charge is 0.261 e. The minimum atomic E-state index is -2.81. The van der Waals surface area contributed by atoms with Crippen molar-refractivity contribution < 1.29 is 9.22 Å². The van der Waals surface area contributed by atoms with Crippen LogP contribution in [0.25, 0.3) is 0 Å². The third kappa shape index (κ3) is 6.81. The lowest BCUT2D eigenvalue weighted by molar-refractivity contribution is -0.148. The van der Waals surface area contributed by atoms with Gasteiger partial charge in [0.15, 0.2) is 0 Å². The summed E-state index contributed by atoms with van der Waals surface area (Å²) in [6, 6.07) is 37.3. The molecule has 1 saturated heterocycles. The van der Waals surface area contributed by atoms with E-state index in [1.54, 1.807) is 0 Å². The lowest BCUT2D eigenvalue weighted by atomic mass is 9.74. The highest BCUT2D eigenvalue weighted by Crippen LogP contribution is 2.48. The van der Waals surface area contributed by atoms with Gasteiger partial charge in [-0.2, -0.15) is 0 Å². The van der Waals surface area contributed by atoms with Gasteiger partial charge in [0, 0.05) is 21.9 Å². The number of piperidine rings is 1. The first-order valence-corrected chi connectivity index (χ1v) is 18.8. The Kier molecular flexibility index (Phi) is 10.6. The summed E-state index contributed by atoms with van der Waals surface area (Å²) < 4.78 is 7.46. The van der Waals surface area contributed by atoms with E-state index in [4.69, 9.17) is 27.6 Å². The number of amides is 1. The van der Waals surface area contributed by atoms with Crippen molar-refractivity contribution in [1.82, 2.24) is 4.90 Å². The van der Waals surface area contributed by atoms with E-state index in [9.17, 15) is 4.79 Å². The molecule has 1 fully saturated rings. The van der Waals surface area contributed by atoms with Crippen LogP contribution in [-0.4, -0.2) is 31.8 Å². The van der Waals surface area contributed by atoms with E-state index in [0.29, 0.717) is 16.7 Å². The van der Waals surface area contributed by atoms with Gasteiger partial charge in [0.2, 0.25) is 5.91 Å². The number of likely N-dealkylation sites (tertiary alicyclic amines) is 1. The molecule has 0 aliphatic carbocycles. The van der Waals surface area contributed by atoms with Gasteiger partial charge in [-0.05, 0) is 70.1 Å². The molecule has 4 aromatic carbocycles. The molecular weight excluding hydrogens is 613 g/mol. The summed E-state index contributed by atoms with van der Waals surface area (Å²) in [4.78, 5) is 16.7. The Morgan fingerprint density at radius 1 is 0.800 bits per heavy atom. The molecule has 0 radical (unpaired) electrons. The number of halogens is 2. The molecule has 4 atom stereocenters. The monoisotopic (exact) mass is 657 g/mol. The van der Waals surface area contributed by atoms with Gasteiger partial charge in [-0.1, -0.05) is 143 Å². The second-order valence-corrected chi connectivity index (χ2v) is 18.5. The van der Waals surface area contributed by atoms with Crippen LogP contribution in [0.4, 0.5) is 0 Å². The third-order valence-corrected chi connectivity index (χ3v) is 15.1. The van der Waals surface area contributed by atoms with Crippen molar-refractivity contribution in [1.29, 1.82) is 0 Å². The molecule has 0 spiro atoms. The zero-order valence-electron chi connectivity index (χ0n) is 27.0. The Hall–Kier alpha value is -2.89. The molecular formula is C39H45Cl2NO2Si. The average Bonchev–Trinajstić information content (AvgIpc) is 3.04. The van der Waals surface area contributed by atoms with Gasteiger partial charge < -0.3 is 9.33 Å². The molecule has 1 heterocycles. The first-order valence-electron chi connectivity index (χ1n) is 16.2. The van der Waals surface area contributed by atoms with E-state index < -0.39 is 8.32 Å². The Morgan fingerprint density at radius 2 is 1.40 bits per heavy atom. The fourth-order valence-electron chi connectivity index (χ4n) is 7.31. The summed E-state index contributed by atoms with van der Waals surface area (Å²) in [5, 5.41) is 3.70. The minimum absolute atomic E-state index is 0.0782. The zero-order valence-corrected chi connectivity index (χ0v) is 29.6. The zero-order chi connectivity index (χ0) is 32.2. The van der Waals surface area contributed by atoms with Crippen molar-refractivity contribution in [3.05, 3.63) is 130 Å². The molecule has 5 rings (SSSR count). The Labute approximate surface area is 280 Å². The van der Waals surface area contributed by atoms with Gasteiger partial charge in [-0.15, -0.1) is 0 Å². The van der Waals surface area contributed by atoms with Crippen molar-refractivity contribution in [3.63, 3.8) is 0 Å². The quantitative estimate of drug-likeness (QED) is 0.159. The van der Waals surface area contributed by atoms with E-state index >= 15 is 0 Å². The Bertz CT molecular complexity index is 1520. The van der Waals surface area contributed by atoms with E-state index in [1.807, 2.05) is 24.3 Å². The molecule has 1 aliphatic heterocycles. The number of carbonyl (C=O) groups excluding carboxylic acids is 1. The maximum Gasteiger partial charge on any atom is 0.261 e. The van der Waals surface area contributed by atoms with Crippen LogP contribution in [0.2, 0.25) is 15.1 Å². The second kappa shape index (κ2) is 14.3. The fraction of sp³-hybridized carbons (Fsp3) is 0.359. The first-order chi connectivity index (χ1) is 21.6. The van der Waals surface area contributed by atoms with Crippen molar-refractivity contribution in [2.24, 2.45) is 5.92 Å². The lowest BCUT2D eigenvalue weighted by Crippen LogP contribution is -2.67. The fourth-order valence-corrected chi connectivity index (χ4v) is 12.2. The van der Waals surface area contributed by atoms with Crippen LogP contribution in [0.5, 0.6) is 0 Å². The normalized spacial score (nSPS) is 19.8. The molecule has 0 saturated carbocycles. The topological polar surface area (TPSA) is 29.5 Å². The van der Waals surface area contributed by atoms with E-state index in [-0.39, 0.29) is 34.9 Å². The highest BCUT2D eigenvalue weighted by atomic mass is 35.5. The van der Waals surface area contributed by atoms with E-state index in [1.165, 1.54) is 10.4 Å². The average molecular weight is 659 g/mol. The molecule has 0 bridgehead atoms. The molecule has 1 aliphatic rings. The number of carbonyl (C=O) groups is 1. The number of nitrogens with zero attached hydrogens (tertiary/aromatic N) is 1. The van der Waals surface area contributed by atoms with Gasteiger partial charge >= 0.3 is 0 Å². The van der Waals surface area contributed by atoms with Gasteiger partial charge in [-0.3, -0.25) is 4.79 Å². The number of hydrogen-bond donors (Lipinski definition) is 0. The number of rotatable bonds is 10. The highest BCUT2D eigenvalue weighted by Gasteiger charge is 2.51. The van der Waals surface area contributed by atoms with Gasteiger partial charge in [0.25, 0.3) is 8.32 Å². The van der Waals surface area contributed by atoms with Gasteiger partial charge in [0.05, 0.1) is 18.7 Å². The molecule has 0 aromatic heterocycles. The molecule has 1 amide bonds. The number of hydrogen-bond acceptors (Lipinski definition) is 2. The summed E-state index contributed by atoms with van der Waals surface area (Å²) in [6.45, 7) is 11.6. The Balaban J connectivity index is 1.62. The summed E-state index contributed by atoms with van der Waals surface area (Å²) in [6.07, 6.45) is 2.32. The summed E-state index contributed by atoms with van der Waals surface area (Å²) >= 11 is 12.9. The summed E-state index contributed by atoms with van der Waals surface area (Å²) in [5.41, 5.74) is 2.23. The summed E-state index contributed by atoms with van der Waals surface area (Å²) in [7, 11) is -2.81. The maximum absolute atomic E-state index is 14.5. The SMILES string of the molecule is CCC1CC(c2cccc(Cl)c2)[C@@H](c2ccc(Cl)cc2)N(C(CC)CO[Si](c2ccccc2)(c2ccccc2)C(C)(C)C)C1=O. The molecule has 3 unspecified atom stereocenters. The van der Waals surface area contributed by atoms with Crippen molar-refractivity contribution in [2.45, 2.75) is 76.9 Å². The van der Waals surface area contributed by atoms with E-state index in [0.717, 1.165) is 30.4 Å². The van der Waals surface area contributed by atoms with Crippen LogP contribution < -0.4 is 10.4 Å². The Morgan fingerprint density at radius 3 is 1.91 bits per heavy atom. The molecule has 4 aromatic rings. The lowest BCUT2D eigenvalue weighted by Gasteiger charge is -2.50. The predicted molar refractivity (Wildman–Crippen MR) is 191 cm³/mol. The van der Waals surface area contributed by atoms with E-state index in [2.05, 4.69) is 124 Å². The van der Waals surface area contributed by atoms with Crippen LogP contribution in [0.3, 0.4) is 0 Å². The largest absolute Gasteiger partial charge is 0.405 e. The first kappa shape index (κ1) is 33.5. The molecule has 45 heavy (non-hydrogen) atoms. The molecule has 0 N–H and O–H groups in total. The summed E-state index contributed by atoms with van der Waals surface area (Å²) in [5.74, 6) is 0.197.